The quantitative estimate of drug-likeness (QED) is 0.782. The highest BCUT2D eigenvalue weighted by Crippen LogP contribution is 2.31. The van der Waals surface area contributed by atoms with Crippen LogP contribution in [0.5, 0.6) is 0 Å². The van der Waals surface area contributed by atoms with Crippen LogP contribution in [0, 0.1) is 0 Å². The summed E-state index contributed by atoms with van der Waals surface area (Å²) in [5.41, 5.74) is 1.02. The Morgan fingerprint density at radius 2 is 1.83 bits per heavy atom. The predicted molar refractivity (Wildman–Crippen MR) is 102 cm³/mol. The summed E-state index contributed by atoms with van der Waals surface area (Å²) in [6, 6.07) is 7.35. The van der Waals surface area contributed by atoms with Gasteiger partial charge in [-0.3, -0.25) is 4.79 Å². The van der Waals surface area contributed by atoms with E-state index in [2.05, 4.69) is 36.6 Å². The predicted octanol–water partition coefficient (Wildman–Crippen LogP) is 3.91. The molecule has 0 saturated heterocycles. The van der Waals surface area contributed by atoms with Gasteiger partial charge in [-0.25, -0.2) is 0 Å². The molecule has 1 atom stereocenters. The largest absolute Gasteiger partial charge is 0.326 e. The number of halogens is 1. The smallest absolute Gasteiger partial charge is 0.225 e. The summed E-state index contributed by atoms with van der Waals surface area (Å²) in [6.07, 6.45) is 6.87. The third-order valence-corrected chi connectivity index (χ3v) is 5.38. The molecule has 24 heavy (non-hydrogen) atoms. The van der Waals surface area contributed by atoms with Crippen LogP contribution < -0.4 is 10.6 Å². The number of hydrogen-bond acceptors (Lipinski definition) is 3. The lowest BCUT2D eigenvalue weighted by Gasteiger charge is -2.44. The second-order valence-electron chi connectivity index (χ2n) is 7.22. The Morgan fingerprint density at radius 3 is 2.42 bits per heavy atom. The zero-order valence-corrected chi connectivity index (χ0v) is 15.8. The van der Waals surface area contributed by atoms with Gasteiger partial charge in [0.25, 0.3) is 0 Å². The molecule has 1 unspecified atom stereocenters. The molecule has 0 aromatic heterocycles. The maximum atomic E-state index is 12.2. The van der Waals surface area contributed by atoms with Crippen LogP contribution in [0.3, 0.4) is 0 Å². The molecular weight excluding hydrogens is 322 g/mol. The van der Waals surface area contributed by atoms with E-state index in [0.717, 1.165) is 12.2 Å². The Bertz CT molecular complexity index is 524. The molecule has 0 heterocycles. The van der Waals surface area contributed by atoms with Gasteiger partial charge in [-0.15, -0.1) is 0 Å². The second kappa shape index (κ2) is 8.84. The van der Waals surface area contributed by atoms with Crippen LogP contribution in [-0.2, 0) is 4.79 Å². The van der Waals surface area contributed by atoms with Crippen molar-refractivity contribution >= 4 is 23.2 Å². The number of carbonyl (C=O) groups excluding carboxylic acids is 1. The number of amides is 1. The van der Waals surface area contributed by atoms with E-state index in [1.165, 1.54) is 32.1 Å². The highest BCUT2D eigenvalue weighted by atomic mass is 35.5. The maximum Gasteiger partial charge on any atom is 0.225 e. The molecule has 1 aromatic rings. The summed E-state index contributed by atoms with van der Waals surface area (Å²) in [5.74, 6) is 0.0277. The molecule has 0 aliphatic heterocycles. The van der Waals surface area contributed by atoms with Gasteiger partial charge in [0.2, 0.25) is 5.91 Å². The van der Waals surface area contributed by atoms with Crippen LogP contribution in [0.2, 0.25) is 5.02 Å². The van der Waals surface area contributed by atoms with Crippen molar-refractivity contribution in [3.05, 3.63) is 29.3 Å². The number of carbonyl (C=O) groups is 1. The Labute approximate surface area is 150 Å². The lowest BCUT2D eigenvalue weighted by Crippen LogP contribution is -2.54. The molecule has 2 rings (SSSR count). The second-order valence-corrected chi connectivity index (χ2v) is 7.66. The molecule has 1 aliphatic carbocycles. The van der Waals surface area contributed by atoms with E-state index in [1.807, 2.05) is 12.1 Å². The molecule has 1 amide bonds. The number of anilines is 1. The Morgan fingerprint density at radius 1 is 1.21 bits per heavy atom. The number of nitrogens with one attached hydrogen (secondary N) is 2. The summed E-state index contributed by atoms with van der Waals surface area (Å²) >= 11 is 5.86. The van der Waals surface area contributed by atoms with Crippen LogP contribution in [0.15, 0.2) is 24.3 Å². The lowest BCUT2D eigenvalue weighted by atomic mass is 9.80. The van der Waals surface area contributed by atoms with Gasteiger partial charge in [-0.2, -0.15) is 0 Å². The van der Waals surface area contributed by atoms with Crippen molar-refractivity contribution in [2.75, 3.05) is 26.0 Å². The van der Waals surface area contributed by atoms with Gasteiger partial charge < -0.3 is 15.5 Å². The topological polar surface area (TPSA) is 44.4 Å². The van der Waals surface area contributed by atoms with Crippen molar-refractivity contribution in [1.29, 1.82) is 0 Å². The van der Waals surface area contributed by atoms with E-state index in [0.29, 0.717) is 11.4 Å². The number of hydrogen-bond donors (Lipinski definition) is 2. The van der Waals surface area contributed by atoms with E-state index in [4.69, 9.17) is 11.6 Å². The first-order chi connectivity index (χ1) is 11.4. The van der Waals surface area contributed by atoms with Crippen molar-refractivity contribution in [2.45, 2.75) is 57.0 Å². The average molecular weight is 352 g/mol. The minimum Gasteiger partial charge on any atom is -0.326 e. The Kier molecular flexibility index (Phi) is 7.08. The third-order valence-electron chi connectivity index (χ3n) is 5.13. The molecule has 1 aromatic carbocycles. The first kappa shape index (κ1) is 19.2. The van der Waals surface area contributed by atoms with Gasteiger partial charge in [-0.05, 0) is 58.1 Å². The Balaban J connectivity index is 1.80. The first-order valence-corrected chi connectivity index (χ1v) is 9.25. The van der Waals surface area contributed by atoms with Crippen LogP contribution >= 0.6 is 11.6 Å². The number of likely N-dealkylation sites (N-methyl/N-ethyl adjacent to an activating group) is 1. The summed E-state index contributed by atoms with van der Waals surface area (Å²) in [4.78, 5) is 14.5. The minimum atomic E-state index is 0.0277. The van der Waals surface area contributed by atoms with Crippen molar-refractivity contribution < 1.29 is 4.79 Å². The molecule has 1 aliphatic rings. The molecule has 1 saturated carbocycles. The molecule has 5 heteroatoms. The van der Waals surface area contributed by atoms with Crippen molar-refractivity contribution in [3.63, 3.8) is 0 Å². The molecule has 1 fully saturated rings. The summed E-state index contributed by atoms with van der Waals surface area (Å²) < 4.78 is 0. The van der Waals surface area contributed by atoms with Crippen LogP contribution in [0.4, 0.5) is 5.69 Å². The number of rotatable bonds is 7. The van der Waals surface area contributed by atoms with E-state index >= 15 is 0 Å². The molecule has 134 valence electrons. The molecule has 4 nitrogen and oxygen atoms in total. The van der Waals surface area contributed by atoms with Gasteiger partial charge in [0, 0.05) is 35.3 Å². The van der Waals surface area contributed by atoms with Gasteiger partial charge in [0.1, 0.15) is 0 Å². The van der Waals surface area contributed by atoms with Gasteiger partial charge in [0.05, 0.1) is 0 Å². The van der Waals surface area contributed by atoms with E-state index < -0.39 is 0 Å². The van der Waals surface area contributed by atoms with Crippen LogP contribution in [0.25, 0.3) is 0 Å². The van der Waals surface area contributed by atoms with Crippen LogP contribution in [0.1, 0.15) is 45.4 Å². The number of benzene rings is 1. The van der Waals surface area contributed by atoms with Gasteiger partial charge in [-0.1, -0.05) is 30.9 Å². The molecular formula is C19H30ClN3O. The van der Waals surface area contributed by atoms with E-state index in [9.17, 15) is 4.79 Å². The van der Waals surface area contributed by atoms with Crippen LogP contribution in [-0.4, -0.2) is 43.0 Å². The number of nitrogens with zero attached hydrogens (tertiary/aromatic N) is 1. The maximum absolute atomic E-state index is 12.2. The average Bonchev–Trinajstić information content (AvgIpc) is 2.56. The van der Waals surface area contributed by atoms with E-state index in [-0.39, 0.29) is 17.5 Å². The summed E-state index contributed by atoms with van der Waals surface area (Å²) in [6.45, 7) is 3.02. The molecule has 0 radical (unpaired) electrons. The fraction of sp³-hybridized carbons (Fsp3) is 0.632. The molecule has 2 N–H and O–H groups in total. The highest BCUT2D eigenvalue weighted by molar-refractivity contribution is 6.30. The van der Waals surface area contributed by atoms with E-state index in [1.54, 1.807) is 12.1 Å². The Hall–Kier alpha value is -1.10. The zero-order valence-electron chi connectivity index (χ0n) is 15.1. The van der Waals surface area contributed by atoms with Gasteiger partial charge >= 0.3 is 0 Å². The lowest BCUT2D eigenvalue weighted by molar-refractivity contribution is -0.116. The van der Waals surface area contributed by atoms with Crippen molar-refractivity contribution in [3.8, 4) is 0 Å². The molecule has 0 spiro atoms. The fourth-order valence-corrected chi connectivity index (χ4v) is 3.58. The highest BCUT2D eigenvalue weighted by Gasteiger charge is 2.34. The monoisotopic (exact) mass is 351 g/mol. The summed E-state index contributed by atoms with van der Waals surface area (Å²) in [7, 11) is 4.34. The minimum absolute atomic E-state index is 0.0277. The van der Waals surface area contributed by atoms with Crippen molar-refractivity contribution in [2.24, 2.45) is 0 Å². The fourth-order valence-electron chi connectivity index (χ4n) is 3.45. The normalized spacial score (nSPS) is 18.4. The SMILES string of the molecule is CC(CC(=O)Nc1ccc(Cl)cc1)NCC1(N(C)C)CCCCC1. The third kappa shape index (κ3) is 5.47. The zero-order chi connectivity index (χ0) is 17.6. The van der Waals surface area contributed by atoms with Gasteiger partial charge in [0.15, 0.2) is 0 Å². The standard InChI is InChI=1S/C19H30ClN3O/c1-15(13-18(24)22-17-9-7-16(20)8-10-17)21-14-19(23(2)3)11-5-4-6-12-19/h7-10,15,21H,4-6,11-14H2,1-3H3,(H,22,24). The molecule has 0 bridgehead atoms. The first-order valence-electron chi connectivity index (χ1n) is 8.87. The summed E-state index contributed by atoms with van der Waals surface area (Å²) in [5, 5.41) is 7.17. The van der Waals surface area contributed by atoms with Crippen molar-refractivity contribution in [1.82, 2.24) is 10.2 Å².